The molecule has 0 saturated carbocycles. The van der Waals surface area contributed by atoms with Gasteiger partial charge in [-0.15, -0.1) is 11.3 Å². The van der Waals surface area contributed by atoms with E-state index in [0.29, 0.717) is 11.6 Å². The van der Waals surface area contributed by atoms with Crippen LogP contribution in [0.15, 0.2) is 54.7 Å². The molecule has 1 aliphatic carbocycles. The molecule has 1 heterocycles. The molecule has 4 rings (SSSR count). The lowest BCUT2D eigenvalue weighted by Gasteiger charge is -2.17. The SMILES string of the molecule is CC(NC(=O)CCc1cnc(NC(=O)OCC2c3ccccc3-c3ccccc32)s1)C(C)C(=O)O. The standard InChI is InChI=1S/C26H27N3O5S/c1-15(24(31)32)16(2)28-23(30)12-11-17-13-27-25(35-17)29-26(33)34-14-22-20-9-5-3-7-18(20)19-8-4-6-10-21(19)22/h3-10,13,15-16,22H,11-12,14H2,1-2H3,(H,28,30)(H,31,32)(H,27,29,33). The van der Waals surface area contributed by atoms with Crippen LogP contribution in [0.1, 0.15) is 42.2 Å². The van der Waals surface area contributed by atoms with Crippen LogP contribution in [0.5, 0.6) is 0 Å². The van der Waals surface area contributed by atoms with Crippen molar-refractivity contribution >= 4 is 34.4 Å². The summed E-state index contributed by atoms with van der Waals surface area (Å²) in [5.41, 5.74) is 4.61. The molecule has 9 heteroatoms. The minimum absolute atomic E-state index is 0.0234. The Morgan fingerprint density at radius 1 is 1.06 bits per heavy atom. The van der Waals surface area contributed by atoms with Crippen LogP contribution in [-0.4, -0.2) is 40.7 Å². The predicted molar refractivity (Wildman–Crippen MR) is 134 cm³/mol. The fraction of sp³-hybridized carbons (Fsp3) is 0.308. The summed E-state index contributed by atoms with van der Waals surface area (Å²) in [4.78, 5) is 40.6. The summed E-state index contributed by atoms with van der Waals surface area (Å²) in [7, 11) is 0. The van der Waals surface area contributed by atoms with Crippen molar-refractivity contribution in [1.82, 2.24) is 10.3 Å². The molecule has 0 spiro atoms. The Labute approximate surface area is 207 Å². The molecule has 1 aromatic heterocycles. The molecule has 3 N–H and O–H groups in total. The predicted octanol–water partition coefficient (Wildman–Crippen LogP) is 4.66. The number of carbonyl (C=O) groups is 3. The van der Waals surface area contributed by atoms with E-state index in [1.165, 1.54) is 11.3 Å². The molecule has 1 aliphatic rings. The number of nitrogens with zero attached hydrogens (tertiary/aromatic N) is 1. The van der Waals surface area contributed by atoms with E-state index in [9.17, 15) is 14.4 Å². The van der Waals surface area contributed by atoms with Crippen LogP contribution in [0.3, 0.4) is 0 Å². The van der Waals surface area contributed by atoms with Crippen molar-refractivity contribution in [3.8, 4) is 11.1 Å². The number of ether oxygens (including phenoxy) is 1. The minimum Gasteiger partial charge on any atom is -0.481 e. The van der Waals surface area contributed by atoms with Crippen molar-refractivity contribution in [3.05, 3.63) is 70.7 Å². The van der Waals surface area contributed by atoms with Crippen molar-refractivity contribution < 1.29 is 24.2 Å². The van der Waals surface area contributed by atoms with E-state index in [1.54, 1.807) is 20.0 Å². The maximum Gasteiger partial charge on any atom is 0.413 e. The van der Waals surface area contributed by atoms with Gasteiger partial charge in [-0.2, -0.15) is 0 Å². The van der Waals surface area contributed by atoms with Gasteiger partial charge in [-0.3, -0.25) is 14.9 Å². The van der Waals surface area contributed by atoms with Crippen LogP contribution in [0, 0.1) is 5.92 Å². The third kappa shape index (κ3) is 5.68. The molecule has 0 radical (unpaired) electrons. The number of hydrogen-bond acceptors (Lipinski definition) is 6. The number of fused-ring (bicyclic) bond motifs is 3. The zero-order valence-electron chi connectivity index (χ0n) is 19.5. The van der Waals surface area contributed by atoms with Crippen molar-refractivity contribution in [2.45, 2.75) is 38.6 Å². The molecule has 0 bridgehead atoms. The van der Waals surface area contributed by atoms with Gasteiger partial charge < -0.3 is 15.2 Å². The van der Waals surface area contributed by atoms with Crippen molar-refractivity contribution in [2.75, 3.05) is 11.9 Å². The van der Waals surface area contributed by atoms with Gasteiger partial charge in [0.25, 0.3) is 0 Å². The number of carbonyl (C=O) groups excluding carboxylic acids is 2. The summed E-state index contributed by atoms with van der Waals surface area (Å²) >= 11 is 1.27. The third-order valence-corrected chi connectivity index (χ3v) is 7.21. The van der Waals surface area contributed by atoms with E-state index in [2.05, 4.69) is 39.9 Å². The number of aryl methyl sites for hydroxylation is 1. The summed E-state index contributed by atoms with van der Waals surface area (Å²) in [6.45, 7) is 3.43. The molecule has 0 fully saturated rings. The Bertz CT molecular complexity index is 1200. The van der Waals surface area contributed by atoms with Crippen LogP contribution >= 0.6 is 11.3 Å². The highest BCUT2D eigenvalue weighted by Crippen LogP contribution is 2.44. The Balaban J connectivity index is 1.27. The molecule has 2 atom stereocenters. The average molecular weight is 494 g/mol. The van der Waals surface area contributed by atoms with Crippen molar-refractivity contribution in [2.24, 2.45) is 5.92 Å². The number of anilines is 1. The zero-order chi connectivity index (χ0) is 24.9. The van der Waals surface area contributed by atoms with E-state index in [1.807, 2.05) is 24.3 Å². The van der Waals surface area contributed by atoms with Crippen LogP contribution < -0.4 is 10.6 Å². The highest BCUT2D eigenvalue weighted by atomic mass is 32.1. The zero-order valence-corrected chi connectivity index (χ0v) is 20.3. The number of rotatable bonds is 9. The van der Waals surface area contributed by atoms with E-state index in [0.717, 1.165) is 27.1 Å². The maximum absolute atomic E-state index is 12.4. The number of aromatic nitrogens is 1. The molecule has 0 saturated heterocycles. The van der Waals surface area contributed by atoms with Gasteiger partial charge in [0.15, 0.2) is 5.13 Å². The van der Waals surface area contributed by atoms with Gasteiger partial charge in [-0.05, 0) is 42.5 Å². The second kappa shape index (κ2) is 10.7. The number of nitrogens with one attached hydrogen (secondary N) is 2. The average Bonchev–Trinajstić information content (AvgIpc) is 3.42. The highest BCUT2D eigenvalue weighted by molar-refractivity contribution is 7.15. The van der Waals surface area contributed by atoms with Gasteiger partial charge >= 0.3 is 12.1 Å². The summed E-state index contributed by atoms with van der Waals surface area (Å²) in [6.07, 6.45) is 1.66. The Morgan fingerprint density at radius 3 is 2.31 bits per heavy atom. The normalized spacial score (nSPS) is 13.9. The molecule has 2 aromatic carbocycles. The van der Waals surface area contributed by atoms with Crippen molar-refractivity contribution in [3.63, 3.8) is 0 Å². The fourth-order valence-corrected chi connectivity index (χ4v) is 4.90. The summed E-state index contributed by atoms with van der Waals surface area (Å²) in [5, 5.41) is 14.8. The van der Waals surface area contributed by atoms with Crippen LogP contribution in [0.2, 0.25) is 0 Å². The third-order valence-electron chi connectivity index (χ3n) is 6.23. The summed E-state index contributed by atoms with van der Waals surface area (Å²) in [5.74, 6) is -1.88. The lowest BCUT2D eigenvalue weighted by atomic mass is 9.98. The molecular weight excluding hydrogens is 466 g/mol. The van der Waals surface area contributed by atoms with Crippen LogP contribution in [-0.2, 0) is 20.7 Å². The lowest BCUT2D eigenvalue weighted by molar-refractivity contribution is -0.142. The first kappa shape index (κ1) is 24.4. The molecular formula is C26H27N3O5S. The molecule has 0 aliphatic heterocycles. The van der Waals surface area contributed by atoms with E-state index < -0.39 is 24.0 Å². The van der Waals surface area contributed by atoms with Gasteiger partial charge in [0.2, 0.25) is 5.91 Å². The largest absolute Gasteiger partial charge is 0.481 e. The Morgan fingerprint density at radius 2 is 1.69 bits per heavy atom. The Kier molecular flexibility index (Phi) is 7.45. The maximum atomic E-state index is 12.4. The van der Waals surface area contributed by atoms with Gasteiger partial charge in [-0.1, -0.05) is 48.5 Å². The molecule has 35 heavy (non-hydrogen) atoms. The first-order valence-electron chi connectivity index (χ1n) is 11.4. The second-order valence-electron chi connectivity index (χ2n) is 8.57. The number of carboxylic acid groups (broad SMARTS) is 1. The molecule has 3 aromatic rings. The molecule has 182 valence electrons. The summed E-state index contributed by atoms with van der Waals surface area (Å²) < 4.78 is 5.54. The van der Waals surface area contributed by atoms with Crippen LogP contribution in [0.4, 0.5) is 9.93 Å². The lowest BCUT2D eigenvalue weighted by Crippen LogP contribution is -2.40. The van der Waals surface area contributed by atoms with Gasteiger partial charge in [0.05, 0.1) is 5.92 Å². The van der Waals surface area contributed by atoms with Gasteiger partial charge in [0.1, 0.15) is 6.61 Å². The van der Waals surface area contributed by atoms with E-state index >= 15 is 0 Å². The molecule has 8 nitrogen and oxygen atoms in total. The number of hydrogen-bond donors (Lipinski definition) is 3. The number of amides is 2. The molecule has 2 unspecified atom stereocenters. The topological polar surface area (TPSA) is 118 Å². The first-order valence-corrected chi connectivity index (χ1v) is 12.2. The second-order valence-corrected chi connectivity index (χ2v) is 9.68. The van der Waals surface area contributed by atoms with E-state index in [-0.39, 0.29) is 24.9 Å². The first-order chi connectivity index (χ1) is 16.8. The van der Waals surface area contributed by atoms with Crippen molar-refractivity contribution in [1.29, 1.82) is 0 Å². The monoisotopic (exact) mass is 493 g/mol. The number of aliphatic carboxylic acids is 1. The Hall–Kier alpha value is -3.72. The van der Waals surface area contributed by atoms with Gasteiger partial charge in [0, 0.05) is 29.5 Å². The van der Waals surface area contributed by atoms with Crippen LogP contribution in [0.25, 0.3) is 11.1 Å². The molecule has 2 amide bonds. The summed E-state index contributed by atoms with van der Waals surface area (Å²) in [6, 6.07) is 15.8. The number of benzene rings is 2. The minimum atomic E-state index is -0.954. The van der Waals surface area contributed by atoms with Gasteiger partial charge in [-0.25, -0.2) is 9.78 Å². The van der Waals surface area contributed by atoms with E-state index in [4.69, 9.17) is 9.84 Å². The highest BCUT2D eigenvalue weighted by Gasteiger charge is 2.29. The number of carboxylic acids is 1. The number of thiazole rings is 1. The smallest absolute Gasteiger partial charge is 0.413 e. The fourth-order valence-electron chi connectivity index (χ4n) is 4.10. The quantitative estimate of drug-likeness (QED) is 0.399.